The predicted molar refractivity (Wildman–Crippen MR) is 96.0 cm³/mol. The highest BCUT2D eigenvalue weighted by Gasteiger charge is 2.42. The quantitative estimate of drug-likeness (QED) is 0.793. The minimum Gasteiger partial charge on any atom is -0.330 e. The lowest BCUT2D eigenvalue weighted by atomic mass is 9.96. The molecule has 23 heavy (non-hydrogen) atoms. The van der Waals surface area contributed by atoms with Crippen LogP contribution in [0, 0.1) is 5.92 Å². The van der Waals surface area contributed by atoms with E-state index >= 15 is 0 Å². The fourth-order valence-corrected chi connectivity index (χ4v) is 5.47. The van der Waals surface area contributed by atoms with Gasteiger partial charge in [-0.1, -0.05) is 31.2 Å². The van der Waals surface area contributed by atoms with Gasteiger partial charge < -0.3 is 5.73 Å². The molecule has 0 bridgehead atoms. The van der Waals surface area contributed by atoms with Gasteiger partial charge in [-0.3, -0.25) is 9.11 Å². The lowest BCUT2D eigenvalue weighted by molar-refractivity contribution is 0.414. The van der Waals surface area contributed by atoms with Gasteiger partial charge in [-0.05, 0) is 49.1 Å². The van der Waals surface area contributed by atoms with Crippen molar-refractivity contribution < 1.29 is 9.11 Å². The van der Waals surface area contributed by atoms with Crippen LogP contribution in [0.4, 0.5) is 11.5 Å². The molecular formula is C17H23N3O2S. The van der Waals surface area contributed by atoms with Crippen molar-refractivity contribution in [2.45, 2.75) is 25.0 Å². The Balaban J connectivity index is 2.11. The second kappa shape index (κ2) is 6.49. The van der Waals surface area contributed by atoms with Crippen LogP contribution in [0.1, 0.15) is 18.9 Å². The maximum Gasteiger partial charge on any atom is 0.151 e. The van der Waals surface area contributed by atoms with Crippen LogP contribution >= 0.6 is 10.8 Å². The van der Waals surface area contributed by atoms with Crippen LogP contribution in [0.5, 0.6) is 0 Å². The highest BCUT2D eigenvalue weighted by atomic mass is 32.3. The molecule has 1 aromatic heterocycles. The van der Waals surface area contributed by atoms with E-state index in [1.807, 2.05) is 43.3 Å². The van der Waals surface area contributed by atoms with E-state index in [1.165, 1.54) is 0 Å². The molecule has 1 aliphatic rings. The van der Waals surface area contributed by atoms with Gasteiger partial charge in [-0.2, -0.15) is 0 Å². The smallest absolute Gasteiger partial charge is 0.151 e. The van der Waals surface area contributed by atoms with Crippen molar-refractivity contribution in [3.05, 3.63) is 54.2 Å². The number of hydrogen-bond donors (Lipinski definition) is 3. The standard InChI is InChI=1S/C17H23N3O2S/c1-13(9-10-18)16-12-14-6-2-3-7-15(14)20(23(16,21)22)17-8-4-5-11-19-17/h2-8,11,13,16,21-22H,9-10,12,18H2,1H3. The first-order chi connectivity index (χ1) is 11.1. The first-order valence-electron chi connectivity index (χ1n) is 7.82. The Morgan fingerprint density at radius 1 is 1.26 bits per heavy atom. The van der Waals surface area contributed by atoms with Gasteiger partial charge in [-0.25, -0.2) is 9.29 Å². The normalized spacial score (nSPS) is 22.3. The summed E-state index contributed by atoms with van der Waals surface area (Å²) in [4.78, 5) is 4.34. The van der Waals surface area contributed by atoms with Gasteiger partial charge in [0, 0.05) is 6.20 Å². The van der Waals surface area contributed by atoms with Crippen LogP contribution in [0.2, 0.25) is 0 Å². The molecule has 2 atom stereocenters. The van der Waals surface area contributed by atoms with Crippen molar-refractivity contribution in [1.82, 2.24) is 4.98 Å². The van der Waals surface area contributed by atoms with Crippen molar-refractivity contribution in [2.24, 2.45) is 11.7 Å². The number of aromatic nitrogens is 1. The van der Waals surface area contributed by atoms with Crippen LogP contribution in [-0.2, 0) is 6.42 Å². The minimum absolute atomic E-state index is 0.115. The topological polar surface area (TPSA) is 82.6 Å². The van der Waals surface area contributed by atoms with Crippen molar-refractivity contribution in [2.75, 3.05) is 10.8 Å². The third kappa shape index (κ3) is 2.95. The number of nitrogens with two attached hydrogens (primary N) is 1. The molecule has 1 aliphatic heterocycles. The Hall–Kier alpha value is -1.60. The fraction of sp³-hybridized carbons (Fsp3) is 0.353. The lowest BCUT2D eigenvalue weighted by Gasteiger charge is -2.53. The minimum atomic E-state index is -3.04. The van der Waals surface area contributed by atoms with E-state index in [9.17, 15) is 9.11 Å². The molecule has 2 heterocycles. The Bertz CT molecular complexity index is 666. The monoisotopic (exact) mass is 333 g/mol. The van der Waals surface area contributed by atoms with Crippen LogP contribution in [-0.4, -0.2) is 25.9 Å². The summed E-state index contributed by atoms with van der Waals surface area (Å²) in [5, 5.41) is -0.261. The Morgan fingerprint density at radius 3 is 2.70 bits per heavy atom. The number of rotatable bonds is 4. The Labute approximate surface area is 138 Å². The summed E-state index contributed by atoms with van der Waals surface area (Å²) in [6, 6.07) is 13.3. The molecule has 4 N–H and O–H groups in total. The molecule has 2 unspecified atom stereocenters. The molecule has 2 aromatic rings. The molecule has 0 spiro atoms. The molecule has 0 saturated heterocycles. The second-order valence-electron chi connectivity index (χ2n) is 5.97. The van der Waals surface area contributed by atoms with Gasteiger partial charge in [0.25, 0.3) is 0 Å². The maximum absolute atomic E-state index is 11.1. The highest BCUT2D eigenvalue weighted by Crippen LogP contribution is 2.61. The zero-order valence-electron chi connectivity index (χ0n) is 13.2. The lowest BCUT2D eigenvalue weighted by Crippen LogP contribution is -2.41. The number of fused-ring (bicyclic) bond motifs is 1. The van der Waals surface area contributed by atoms with Crippen LogP contribution in [0.25, 0.3) is 0 Å². The number of pyridine rings is 1. The summed E-state index contributed by atoms with van der Waals surface area (Å²) in [5.41, 5.74) is 7.62. The molecule has 0 amide bonds. The molecule has 124 valence electrons. The van der Waals surface area contributed by atoms with Crippen molar-refractivity contribution in [3.63, 3.8) is 0 Å². The molecule has 5 nitrogen and oxygen atoms in total. The third-order valence-electron chi connectivity index (χ3n) is 4.42. The van der Waals surface area contributed by atoms with Crippen molar-refractivity contribution >= 4 is 22.3 Å². The van der Waals surface area contributed by atoms with E-state index in [-0.39, 0.29) is 11.2 Å². The van der Waals surface area contributed by atoms with Crippen molar-refractivity contribution in [3.8, 4) is 0 Å². The SMILES string of the molecule is CC(CCN)C1Cc2ccccc2N(c2ccccn2)S1(O)O. The molecule has 0 saturated carbocycles. The average molecular weight is 333 g/mol. The van der Waals surface area contributed by atoms with Gasteiger partial charge in [0.05, 0.1) is 10.9 Å². The predicted octanol–water partition coefficient (Wildman–Crippen LogP) is 3.79. The average Bonchev–Trinajstić information content (AvgIpc) is 2.54. The van der Waals surface area contributed by atoms with Crippen LogP contribution in [0.15, 0.2) is 48.7 Å². The van der Waals surface area contributed by atoms with E-state index < -0.39 is 10.8 Å². The summed E-state index contributed by atoms with van der Waals surface area (Å²) in [6.07, 6.45) is 3.07. The van der Waals surface area contributed by atoms with E-state index in [4.69, 9.17) is 5.73 Å². The van der Waals surface area contributed by atoms with Gasteiger partial charge in [0.15, 0.2) is 5.82 Å². The van der Waals surface area contributed by atoms with Gasteiger partial charge in [0.2, 0.25) is 0 Å². The zero-order chi connectivity index (χ0) is 16.4. The Morgan fingerprint density at radius 2 is 2.00 bits per heavy atom. The number of benzene rings is 1. The summed E-state index contributed by atoms with van der Waals surface area (Å²) >= 11 is 0. The fourth-order valence-electron chi connectivity index (χ4n) is 3.19. The Kier molecular flexibility index (Phi) is 4.59. The number of anilines is 2. The first-order valence-corrected chi connectivity index (χ1v) is 9.38. The third-order valence-corrected chi connectivity index (χ3v) is 6.79. The summed E-state index contributed by atoms with van der Waals surface area (Å²) in [7, 11) is -3.04. The van der Waals surface area contributed by atoms with Crippen LogP contribution in [0.3, 0.4) is 0 Å². The second-order valence-corrected chi connectivity index (χ2v) is 8.06. The highest BCUT2D eigenvalue weighted by molar-refractivity contribution is 8.26. The number of para-hydroxylation sites is 1. The molecule has 3 rings (SSSR count). The van der Waals surface area contributed by atoms with Crippen molar-refractivity contribution in [1.29, 1.82) is 0 Å². The molecule has 6 heteroatoms. The van der Waals surface area contributed by atoms with E-state index in [1.54, 1.807) is 16.6 Å². The first kappa shape index (κ1) is 16.3. The zero-order valence-corrected chi connectivity index (χ0v) is 14.0. The van der Waals surface area contributed by atoms with Gasteiger partial charge in [0.1, 0.15) is 0 Å². The molecule has 0 fully saturated rings. The molecular weight excluding hydrogens is 310 g/mol. The van der Waals surface area contributed by atoms with Crippen LogP contribution < -0.4 is 10.0 Å². The van der Waals surface area contributed by atoms with E-state index in [0.717, 1.165) is 17.7 Å². The summed E-state index contributed by atoms with van der Waals surface area (Å²) in [5.74, 6) is 0.675. The molecule has 0 radical (unpaired) electrons. The summed E-state index contributed by atoms with van der Waals surface area (Å²) in [6.45, 7) is 2.58. The van der Waals surface area contributed by atoms with E-state index in [0.29, 0.717) is 18.8 Å². The van der Waals surface area contributed by atoms with Gasteiger partial charge >= 0.3 is 0 Å². The van der Waals surface area contributed by atoms with Gasteiger partial charge in [-0.15, -0.1) is 10.8 Å². The molecule has 1 aromatic carbocycles. The molecule has 0 aliphatic carbocycles. The van der Waals surface area contributed by atoms with E-state index in [2.05, 4.69) is 4.98 Å². The number of nitrogens with zero attached hydrogens (tertiary/aromatic N) is 2. The largest absolute Gasteiger partial charge is 0.330 e. The number of hydrogen-bond acceptors (Lipinski definition) is 5. The summed E-state index contributed by atoms with van der Waals surface area (Å²) < 4.78 is 23.8. The maximum atomic E-state index is 11.1.